The van der Waals surface area contributed by atoms with Crippen molar-refractivity contribution in [3.8, 4) is 0 Å². The first kappa shape index (κ1) is 14.1. The number of nitrogens with one attached hydrogen (secondary N) is 2. The summed E-state index contributed by atoms with van der Waals surface area (Å²) >= 11 is 0.977. The molecule has 1 aromatic rings. The van der Waals surface area contributed by atoms with Gasteiger partial charge in [-0.1, -0.05) is 0 Å². The van der Waals surface area contributed by atoms with Gasteiger partial charge in [0.05, 0.1) is 6.54 Å². The summed E-state index contributed by atoms with van der Waals surface area (Å²) in [6.45, 7) is 2.81. The number of aliphatic imine (C=N–C) groups is 1. The van der Waals surface area contributed by atoms with Crippen molar-refractivity contribution in [3.63, 3.8) is 0 Å². The predicted molar refractivity (Wildman–Crippen MR) is 68.1 cm³/mol. The Labute approximate surface area is 113 Å². The van der Waals surface area contributed by atoms with Crippen LogP contribution in [0.3, 0.4) is 0 Å². The van der Waals surface area contributed by atoms with Gasteiger partial charge in [0.25, 0.3) is 0 Å². The summed E-state index contributed by atoms with van der Waals surface area (Å²) in [4.78, 5) is 7.77. The second-order valence-corrected chi connectivity index (χ2v) is 5.18. The van der Waals surface area contributed by atoms with E-state index in [0.29, 0.717) is 23.6 Å². The summed E-state index contributed by atoms with van der Waals surface area (Å²) in [6.07, 6.45) is -2.16. The van der Waals surface area contributed by atoms with E-state index in [9.17, 15) is 13.2 Å². The van der Waals surface area contributed by atoms with Crippen molar-refractivity contribution >= 4 is 17.3 Å². The topological polar surface area (TPSA) is 49.3 Å². The summed E-state index contributed by atoms with van der Waals surface area (Å²) in [6, 6.07) is 0.444. The summed E-state index contributed by atoms with van der Waals surface area (Å²) in [5.74, 6) is 0.633. The Balaban J connectivity index is 1.96. The minimum atomic E-state index is -4.38. The first-order chi connectivity index (χ1) is 8.99. The molecule has 19 heavy (non-hydrogen) atoms. The van der Waals surface area contributed by atoms with Gasteiger partial charge in [-0.05, 0) is 19.8 Å². The van der Waals surface area contributed by atoms with Crippen LogP contribution in [-0.2, 0) is 12.7 Å². The van der Waals surface area contributed by atoms with Crippen LogP contribution in [0.1, 0.15) is 30.5 Å². The van der Waals surface area contributed by atoms with E-state index < -0.39 is 11.9 Å². The Bertz CT molecular complexity index is 451. The molecular weight excluding hydrogens is 277 g/mol. The largest absolute Gasteiger partial charge is 0.434 e. The number of thiazole rings is 1. The average molecular weight is 292 g/mol. The van der Waals surface area contributed by atoms with Crippen molar-refractivity contribution in [2.75, 3.05) is 6.54 Å². The summed E-state index contributed by atoms with van der Waals surface area (Å²) in [5, 5.41) is 7.63. The van der Waals surface area contributed by atoms with Gasteiger partial charge in [0.2, 0.25) is 0 Å². The van der Waals surface area contributed by atoms with E-state index >= 15 is 0 Å². The summed E-state index contributed by atoms with van der Waals surface area (Å²) in [7, 11) is 0. The normalized spacial score (nSPS) is 16.5. The van der Waals surface area contributed by atoms with E-state index in [1.807, 2.05) is 6.92 Å². The van der Waals surface area contributed by atoms with Gasteiger partial charge < -0.3 is 10.6 Å². The van der Waals surface area contributed by atoms with E-state index in [1.54, 1.807) is 0 Å². The molecule has 2 N–H and O–H groups in total. The molecule has 0 aliphatic heterocycles. The third kappa shape index (κ3) is 4.38. The lowest BCUT2D eigenvalue weighted by molar-refractivity contribution is -0.140. The van der Waals surface area contributed by atoms with Gasteiger partial charge in [0.1, 0.15) is 5.01 Å². The molecule has 0 radical (unpaired) electrons. The molecule has 1 heterocycles. The molecule has 0 atom stereocenters. The van der Waals surface area contributed by atoms with Crippen LogP contribution >= 0.6 is 11.3 Å². The number of hydrogen-bond acceptors (Lipinski definition) is 3. The van der Waals surface area contributed by atoms with Crippen molar-refractivity contribution in [3.05, 3.63) is 16.1 Å². The van der Waals surface area contributed by atoms with Gasteiger partial charge in [-0.3, -0.25) is 0 Å². The highest BCUT2D eigenvalue weighted by atomic mass is 32.1. The van der Waals surface area contributed by atoms with Crippen LogP contribution in [0.4, 0.5) is 13.2 Å². The van der Waals surface area contributed by atoms with Gasteiger partial charge in [-0.15, -0.1) is 11.3 Å². The number of hydrogen-bond donors (Lipinski definition) is 2. The number of aromatic nitrogens is 1. The molecule has 106 valence electrons. The molecule has 2 rings (SSSR count). The van der Waals surface area contributed by atoms with Crippen LogP contribution in [-0.4, -0.2) is 23.5 Å². The fourth-order valence-corrected chi connectivity index (χ4v) is 2.13. The lowest BCUT2D eigenvalue weighted by Gasteiger charge is -2.09. The molecule has 1 saturated carbocycles. The fourth-order valence-electron chi connectivity index (χ4n) is 1.40. The standard InChI is InChI=1S/C11H15F3N4S/c1-2-15-10(17-7-3-4-7)16-5-9-18-8(6-19-9)11(12,13)14/h6-7H,2-5H2,1H3,(H2,15,16,17). The average Bonchev–Trinajstić information content (AvgIpc) is 3.00. The first-order valence-corrected chi connectivity index (χ1v) is 6.93. The van der Waals surface area contributed by atoms with Gasteiger partial charge >= 0.3 is 6.18 Å². The van der Waals surface area contributed by atoms with Gasteiger partial charge in [0.15, 0.2) is 11.7 Å². The molecule has 0 aromatic carbocycles. The highest BCUT2D eigenvalue weighted by molar-refractivity contribution is 7.09. The van der Waals surface area contributed by atoms with Gasteiger partial charge in [-0.2, -0.15) is 13.2 Å². The van der Waals surface area contributed by atoms with Crippen molar-refractivity contribution in [2.24, 2.45) is 4.99 Å². The minimum Gasteiger partial charge on any atom is -0.357 e. The maximum Gasteiger partial charge on any atom is 0.434 e. The first-order valence-electron chi connectivity index (χ1n) is 6.05. The highest BCUT2D eigenvalue weighted by Crippen LogP contribution is 2.30. The minimum absolute atomic E-state index is 0.156. The smallest absolute Gasteiger partial charge is 0.357 e. The molecule has 0 amide bonds. The quantitative estimate of drug-likeness (QED) is 0.662. The van der Waals surface area contributed by atoms with Crippen LogP contribution < -0.4 is 10.6 Å². The maximum absolute atomic E-state index is 12.4. The van der Waals surface area contributed by atoms with Gasteiger partial charge in [-0.25, -0.2) is 9.98 Å². The van der Waals surface area contributed by atoms with Crippen LogP contribution in [0.5, 0.6) is 0 Å². The monoisotopic (exact) mass is 292 g/mol. The number of nitrogens with zero attached hydrogens (tertiary/aromatic N) is 2. The Morgan fingerprint density at radius 1 is 1.53 bits per heavy atom. The van der Waals surface area contributed by atoms with Crippen molar-refractivity contribution in [2.45, 2.75) is 38.5 Å². The van der Waals surface area contributed by atoms with Crippen LogP contribution in [0.2, 0.25) is 0 Å². The molecule has 1 fully saturated rings. The van der Waals surface area contributed by atoms with Crippen LogP contribution in [0.25, 0.3) is 0 Å². The number of halogens is 3. The predicted octanol–water partition coefficient (Wildman–Crippen LogP) is 2.38. The van der Waals surface area contributed by atoms with E-state index in [4.69, 9.17) is 0 Å². The van der Waals surface area contributed by atoms with Gasteiger partial charge in [0, 0.05) is 18.0 Å². The van der Waals surface area contributed by atoms with E-state index in [2.05, 4.69) is 20.6 Å². The molecule has 1 aromatic heterocycles. The molecular formula is C11H15F3N4S. The van der Waals surface area contributed by atoms with Crippen molar-refractivity contribution < 1.29 is 13.2 Å². The van der Waals surface area contributed by atoms with E-state index in [-0.39, 0.29) is 6.54 Å². The Morgan fingerprint density at radius 3 is 2.79 bits per heavy atom. The van der Waals surface area contributed by atoms with E-state index in [1.165, 1.54) is 0 Å². The van der Waals surface area contributed by atoms with Crippen LogP contribution in [0.15, 0.2) is 10.4 Å². The SMILES string of the molecule is CCNC(=NCc1nc(C(F)(F)F)cs1)NC1CC1. The third-order valence-corrected chi connectivity index (χ3v) is 3.31. The maximum atomic E-state index is 12.4. The Hall–Kier alpha value is -1.31. The second kappa shape index (κ2) is 5.77. The second-order valence-electron chi connectivity index (χ2n) is 4.24. The number of alkyl halides is 3. The van der Waals surface area contributed by atoms with Crippen molar-refractivity contribution in [1.29, 1.82) is 0 Å². The molecule has 0 bridgehead atoms. The molecule has 1 aliphatic carbocycles. The number of rotatable bonds is 4. The molecule has 1 aliphatic rings. The Morgan fingerprint density at radius 2 is 2.26 bits per heavy atom. The van der Waals surface area contributed by atoms with Crippen LogP contribution in [0, 0.1) is 0 Å². The highest BCUT2D eigenvalue weighted by Gasteiger charge is 2.33. The fraction of sp³-hybridized carbons (Fsp3) is 0.636. The zero-order valence-electron chi connectivity index (χ0n) is 10.4. The molecule has 8 heteroatoms. The molecule has 0 spiro atoms. The lowest BCUT2D eigenvalue weighted by Crippen LogP contribution is -2.38. The lowest BCUT2D eigenvalue weighted by atomic mass is 10.5. The number of guanidine groups is 1. The zero-order valence-corrected chi connectivity index (χ0v) is 11.2. The molecule has 4 nitrogen and oxygen atoms in total. The molecule has 0 unspecified atom stereocenters. The summed E-state index contributed by atoms with van der Waals surface area (Å²) < 4.78 is 37.2. The molecule has 0 saturated heterocycles. The van der Waals surface area contributed by atoms with Crippen molar-refractivity contribution in [1.82, 2.24) is 15.6 Å². The van der Waals surface area contributed by atoms with E-state index in [0.717, 1.165) is 29.6 Å². The third-order valence-electron chi connectivity index (χ3n) is 2.48. The Kier molecular flexibility index (Phi) is 4.28. The zero-order chi connectivity index (χ0) is 13.9. The summed E-state index contributed by atoms with van der Waals surface area (Å²) in [5.41, 5.74) is -0.845.